The molecule has 4 atom stereocenters. The standard InChI is InChI=1S/C27H31N3O6.C20H25ClN2O5.C18H20N2O6.C18H22N2O5.C17H18N2O6/c1-5-35-26(31)23-18(2)28-19(3)24(25(23)21-12-9-13-22(16-21)30(33)34)27(32)36-15-14-29(4)17-20-10-7-6-8-11-20;1-4-28-20(25)18-15(11-27-10-9-22)23-12(2)16(19(24)26-3)17(18)13-7-5-6-8-14(13)21;1-5-26-18(22)15-11(3)19-10(2)14(17(21)25-4)16(15)12-7-6-8-13(9-12)20(23)24;1-11-12(2)19-13(3)17(18(21)25-9-8-24-4)16(11)14-6-5-7-15(10-14)20(22)23;1-9-13(16(20)24-3)15(14(10(2)18-9)17(21)25-4)11-7-5-6-8-12(11)19(22)23/h6-13,16,25,28H,5,14-15,17H2,1-4H3;5-8,17,23H,4,9-11,22H2,1-3H3;6-9,16,19H,5H2,1-4H3;5-7,10,16,19H,8-9H2,1-4H3;5-8,15,18H,1-4H3. The first-order chi connectivity index (χ1) is 66.7. The highest BCUT2D eigenvalue weighted by Gasteiger charge is 2.45. The number of halogens is 1. The molecule has 11 rings (SSSR count). The van der Waals surface area contributed by atoms with E-state index in [-0.39, 0.29) is 107 Å². The van der Waals surface area contributed by atoms with Crippen molar-refractivity contribution in [2.75, 3.05) is 109 Å². The lowest BCUT2D eigenvalue weighted by molar-refractivity contribution is -0.385. The zero-order valence-corrected chi connectivity index (χ0v) is 82.0. The Morgan fingerprint density at radius 1 is 0.364 bits per heavy atom. The molecule has 0 amide bonds. The van der Waals surface area contributed by atoms with Crippen molar-refractivity contribution in [3.8, 4) is 0 Å². The molecule has 4 unspecified atom stereocenters. The molecule has 5 aliphatic rings. The van der Waals surface area contributed by atoms with Crippen molar-refractivity contribution in [2.45, 2.75) is 126 Å². The SMILES string of the molecule is CCOC(=O)C1=C(C)NC(C)=C(C(=O)OC)C1c1cccc([N+](=O)[O-])c1.CCOC(=O)C1=C(C)NC(C)=C(C(=O)OCCN(C)Cc2ccccc2)C1c1cccc([N+](=O)[O-])c1.CCOC(=O)C1=C(COCCN)NC(C)=C(C(=O)OC)C1c1ccccc1Cl.COC(=O)C1=C(C)NC(C)=C(C(=O)OC)C1c1ccccc1[N+](=O)[O-].COCCOC(=O)C1=C(C)NC(C)=C(C)C1c1cccc([N+](=O)[O-])c1. The average molecular weight is 1960 g/mol. The van der Waals surface area contributed by atoms with E-state index in [0.717, 1.165) is 16.8 Å². The number of ether oxygens (including phenoxy) is 11. The van der Waals surface area contributed by atoms with Crippen molar-refractivity contribution in [1.29, 1.82) is 0 Å². The molecule has 0 saturated carbocycles. The van der Waals surface area contributed by atoms with Crippen molar-refractivity contribution in [1.82, 2.24) is 31.5 Å². The molecule has 0 aromatic heterocycles. The zero-order chi connectivity index (χ0) is 104. The topological polar surface area (TPSA) is 517 Å². The van der Waals surface area contributed by atoms with Crippen LogP contribution in [0.3, 0.4) is 0 Å². The lowest BCUT2D eigenvalue weighted by Gasteiger charge is -2.31. The minimum absolute atomic E-state index is 0.00811. The molecule has 5 heterocycles. The van der Waals surface area contributed by atoms with Crippen LogP contribution in [0.1, 0.15) is 153 Å². The maximum absolute atomic E-state index is 13.3. The summed E-state index contributed by atoms with van der Waals surface area (Å²) in [6.07, 6.45) is 0. The number of esters is 9. The number of hydrogen-bond donors (Lipinski definition) is 6. The number of non-ortho nitro benzene ring substituents is 3. The Labute approximate surface area is 814 Å². The van der Waals surface area contributed by atoms with Gasteiger partial charge < -0.3 is 84.4 Å². The van der Waals surface area contributed by atoms with Gasteiger partial charge in [0.25, 0.3) is 22.7 Å². The van der Waals surface area contributed by atoms with E-state index in [2.05, 4.69) is 26.6 Å². The number of carbonyl (C=O) groups excluding carboxylic acids is 9. The van der Waals surface area contributed by atoms with Crippen LogP contribution in [0.4, 0.5) is 22.7 Å². The first-order valence-corrected chi connectivity index (χ1v) is 44.4. The zero-order valence-electron chi connectivity index (χ0n) is 81.2. The summed E-state index contributed by atoms with van der Waals surface area (Å²) in [6, 6.07) is 41.1. The van der Waals surface area contributed by atoms with Crippen LogP contribution in [0.5, 0.6) is 0 Å². The van der Waals surface area contributed by atoms with Gasteiger partial charge in [-0.1, -0.05) is 115 Å². The van der Waals surface area contributed by atoms with Gasteiger partial charge >= 0.3 is 53.7 Å². The molecule has 0 bridgehead atoms. The molecule has 6 aromatic rings. The number of allylic oxidation sites excluding steroid dienone is 10. The molecule has 7 N–H and O–H groups in total. The van der Waals surface area contributed by atoms with E-state index in [1.807, 2.05) is 56.1 Å². The fraction of sp³-hybridized carbons (Fsp3) is 0.350. The number of para-hydroxylation sites is 1. The molecule has 0 saturated heterocycles. The molecule has 39 nitrogen and oxygen atoms in total. The van der Waals surface area contributed by atoms with Crippen LogP contribution in [-0.2, 0) is 102 Å². The summed E-state index contributed by atoms with van der Waals surface area (Å²) in [5.74, 6) is -9.16. The maximum atomic E-state index is 13.3. The van der Waals surface area contributed by atoms with Gasteiger partial charge in [-0.2, -0.15) is 0 Å². The second-order valence-electron chi connectivity index (χ2n) is 31.7. The number of nitrogens with zero attached hydrogens (tertiary/aromatic N) is 5. The summed E-state index contributed by atoms with van der Waals surface area (Å²) in [4.78, 5) is 159. The highest BCUT2D eigenvalue weighted by atomic mass is 35.5. The highest BCUT2D eigenvalue weighted by Crippen LogP contribution is 2.47. The number of nitrogens with one attached hydrogen (secondary N) is 5. The summed E-state index contributed by atoms with van der Waals surface area (Å²) < 4.78 is 56.5. The van der Waals surface area contributed by atoms with Crippen LogP contribution >= 0.6 is 11.6 Å². The average Bonchev–Trinajstić information content (AvgIpc) is 0.697. The Hall–Kier alpha value is -15.3. The Morgan fingerprint density at radius 3 is 1.09 bits per heavy atom. The number of nitro groups is 4. The summed E-state index contributed by atoms with van der Waals surface area (Å²) in [5.41, 5.74) is 17.2. The molecule has 40 heteroatoms. The third-order valence-corrected chi connectivity index (χ3v) is 22.8. The van der Waals surface area contributed by atoms with E-state index < -0.39 is 103 Å². The van der Waals surface area contributed by atoms with Crippen molar-refractivity contribution in [2.24, 2.45) is 5.73 Å². The van der Waals surface area contributed by atoms with Crippen molar-refractivity contribution >= 4 is 88.1 Å². The van der Waals surface area contributed by atoms with Gasteiger partial charge in [0.15, 0.2) is 0 Å². The molecule has 6 aromatic carbocycles. The van der Waals surface area contributed by atoms with E-state index in [9.17, 15) is 83.6 Å². The van der Waals surface area contributed by atoms with Gasteiger partial charge in [-0.05, 0) is 137 Å². The molecule has 0 radical (unpaired) electrons. The smallest absolute Gasteiger partial charge is 0.336 e. The van der Waals surface area contributed by atoms with Crippen LogP contribution in [0.15, 0.2) is 264 Å². The lowest BCUT2D eigenvalue weighted by atomic mass is 9.79. The summed E-state index contributed by atoms with van der Waals surface area (Å²) in [6.45, 7) is 25.6. The Morgan fingerprint density at radius 2 is 0.700 bits per heavy atom. The van der Waals surface area contributed by atoms with Crippen LogP contribution in [-0.4, -0.2) is 187 Å². The number of dihydropyridines is 5. The molecule has 5 aliphatic heterocycles. The Bertz CT molecular complexity index is 6010. The number of likely N-dealkylation sites (N-methyl/N-ethyl adjacent to an activating group) is 1. The van der Waals surface area contributed by atoms with Crippen LogP contribution < -0.4 is 32.3 Å². The molecule has 0 aliphatic carbocycles. The first kappa shape index (κ1) is 112. The van der Waals surface area contributed by atoms with Gasteiger partial charge in [0.05, 0.1) is 167 Å². The number of methoxy groups -OCH3 is 5. The monoisotopic (exact) mass is 1950 g/mol. The fourth-order valence-corrected chi connectivity index (χ4v) is 16.5. The predicted octanol–water partition coefficient (Wildman–Crippen LogP) is 14.1. The van der Waals surface area contributed by atoms with E-state index in [0.29, 0.717) is 123 Å². The van der Waals surface area contributed by atoms with Gasteiger partial charge in [-0.3, -0.25) is 45.4 Å². The number of carbonyl (C=O) groups is 9. The minimum atomic E-state index is -0.970. The normalized spacial score (nSPS) is 16.2. The number of nitrogens with two attached hydrogens (primary N) is 1. The van der Waals surface area contributed by atoms with Crippen molar-refractivity contribution in [3.05, 3.63) is 343 Å². The summed E-state index contributed by atoms with van der Waals surface area (Å²) in [5, 5.41) is 60.8. The highest BCUT2D eigenvalue weighted by molar-refractivity contribution is 6.31. The number of benzene rings is 6. The molecular weight excluding hydrogens is 1840 g/mol. The third-order valence-electron chi connectivity index (χ3n) is 22.5. The van der Waals surface area contributed by atoms with Gasteiger partial charge in [0.1, 0.15) is 13.2 Å². The predicted molar refractivity (Wildman–Crippen MR) is 515 cm³/mol. The van der Waals surface area contributed by atoms with Crippen LogP contribution in [0.2, 0.25) is 5.02 Å². The molecule has 0 spiro atoms. The fourth-order valence-electron chi connectivity index (χ4n) is 16.2. The van der Waals surface area contributed by atoms with Gasteiger partial charge in [0.2, 0.25) is 0 Å². The molecule has 140 heavy (non-hydrogen) atoms. The molecule has 746 valence electrons. The third kappa shape index (κ3) is 28.2. The number of hydrogen-bond acceptors (Lipinski definition) is 35. The summed E-state index contributed by atoms with van der Waals surface area (Å²) in [7, 11) is 8.42. The number of nitro benzene ring substituents is 4. The Balaban J connectivity index is 0.000000240. The summed E-state index contributed by atoms with van der Waals surface area (Å²) >= 11 is 6.42. The number of rotatable bonds is 33. The first-order valence-electron chi connectivity index (χ1n) is 44.0. The van der Waals surface area contributed by atoms with Crippen molar-refractivity contribution < 1.29 is 115 Å². The largest absolute Gasteiger partial charge is 0.466 e. The van der Waals surface area contributed by atoms with E-state index in [1.165, 1.54) is 102 Å². The quantitative estimate of drug-likeness (QED) is 0.00732. The van der Waals surface area contributed by atoms with Gasteiger partial charge in [-0.25, -0.2) is 43.2 Å². The van der Waals surface area contributed by atoms with Gasteiger partial charge in [0, 0.05) is 137 Å². The lowest BCUT2D eigenvalue weighted by Crippen LogP contribution is -2.35. The molecule has 0 fully saturated rings. The second kappa shape index (κ2) is 53.4. The van der Waals surface area contributed by atoms with Crippen molar-refractivity contribution in [3.63, 3.8) is 0 Å². The Kier molecular flexibility index (Phi) is 42.6. The van der Waals surface area contributed by atoms with Crippen LogP contribution in [0, 0.1) is 40.5 Å². The van der Waals surface area contributed by atoms with E-state index >= 15 is 0 Å². The van der Waals surface area contributed by atoms with E-state index in [1.54, 1.807) is 131 Å². The van der Waals surface area contributed by atoms with Gasteiger partial charge in [-0.15, -0.1) is 0 Å². The second-order valence-corrected chi connectivity index (χ2v) is 32.1. The molecular formula is C100H116ClN11O28. The minimum Gasteiger partial charge on any atom is -0.466 e. The van der Waals surface area contributed by atoms with Crippen LogP contribution in [0.25, 0.3) is 0 Å². The van der Waals surface area contributed by atoms with E-state index in [4.69, 9.17) is 69.4 Å². The maximum Gasteiger partial charge on any atom is 0.336 e.